The van der Waals surface area contributed by atoms with E-state index in [4.69, 9.17) is 14.2 Å². The fourth-order valence-corrected chi connectivity index (χ4v) is 2.80. The summed E-state index contributed by atoms with van der Waals surface area (Å²) in [6, 6.07) is 4.07. The molecule has 0 aromatic heterocycles. The second kappa shape index (κ2) is 10.3. The Hall–Kier alpha value is -1.66. The number of carbonyl (C=O) groups is 1. The molecule has 1 aromatic rings. The first-order valence-corrected chi connectivity index (χ1v) is 7.97. The third kappa shape index (κ3) is 5.46. The number of aryl methyl sites for hydroxylation is 1. The topological polar surface area (TPSA) is 68.8 Å². The number of rotatable bonds is 7. The number of piperidine rings is 1. The van der Waals surface area contributed by atoms with Crippen LogP contribution in [0.3, 0.4) is 0 Å². The van der Waals surface area contributed by atoms with E-state index in [1.54, 1.807) is 21.3 Å². The molecule has 1 amide bonds. The summed E-state index contributed by atoms with van der Waals surface area (Å²) in [6.45, 7) is 1.94. The smallest absolute Gasteiger partial charge is 0.220 e. The number of ether oxygens (including phenoxy) is 3. The monoisotopic (exact) mass is 358 g/mol. The van der Waals surface area contributed by atoms with Gasteiger partial charge < -0.3 is 24.8 Å². The van der Waals surface area contributed by atoms with E-state index in [1.165, 1.54) is 0 Å². The van der Waals surface area contributed by atoms with Crippen molar-refractivity contribution >= 4 is 18.3 Å². The Morgan fingerprint density at radius 1 is 1.12 bits per heavy atom. The molecule has 0 bridgehead atoms. The van der Waals surface area contributed by atoms with Crippen molar-refractivity contribution in [2.45, 2.75) is 31.7 Å². The number of hydrogen-bond donors (Lipinski definition) is 2. The second-order valence-electron chi connectivity index (χ2n) is 5.63. The van der Waals surface area contributed by atoms with Gasteiger partial charge in [0.25, 0.3) is 0 Å². The maximum Gasteiger partial charge on any atom is 0.220 e. The zero-order valence-electron chi connectivity index (χ0n) is 14.5. The molecule has 0 spiro atoms. The molecule has 0 radical (unpaired) electrons. The van der Waals surface area contributed by atoms with Gasteiger partial charge in [-0.05, 0) is 50.0 Å². The van der Waals surface area contributed by atoms with Gasteiger partial charge in [-0.2, -0.15) is 0 Å². The van der Waals surface area contributed by atoms with E-state index in [0.29, 0.717) is 36.1 Å². The van der Waals surface area contributed by atoms with Crippen molar-refractivity contribution in [1.82, 2.24) is 10.6 Å². The molecular formula is C17H27ClN2O4. The molecule has 7 heteroatoms. The number of nitrogens with one attached hydrogen (secondary N) is 2. The van der Waals surface area contributed by atoms with E-state index >= 15 is 0 Å². The quantitative estimate of drug-likeness (QED) is 0.779. The van der Waals surface area contributed by atoms with Crippen LogP contribution in [-0.2, 0) is 11.2 Å². The Morgan fingerprint density at radius 2 is 1.71 bits per heavy atom. The largest absolute Gasteiger partial charge is 0.493 e. The van der Waals surface area contributed by atoms with Crippen LogP contribution >= 0.6 is 12.4 Å². The summed E-state index contributed by atoms with van der Waals surface area (Å²) in [4.78, 5) is 12.1. The molecule has 0 atom stereocenters. The number of hydrogen-bond acceptors (Lipinski definition) is 5. The second-order valence-corrected chi connectivity index (χ2v) is 5.63. The first-order valence-electron chi connectivity index (χ1n) is 7.97. The summed E-state index contributed by atoms with van der Waals surface area (Å²) in [6.07, 6.45) is 3.07. The Morgan fingerprint density at radius 3 is 2.21 bits per heavy atom. The fourth-order valence-electron chi connectivity index (χ4n) is 2.80. The molecule has 0 saturated carbocycles. The number of halogens is 1. The van der Waals surface area contributed by atoms with Crippen molar-refractivity contribution in [2.24, 2.45) is 0 Å². The molecule has 1 aliphatic heterocycles. The zero-order chi connectivity index (χ0) is 16.7. The molecule has 6 nitrogen and oxygen atoms in total. The van der Waals surface area contributed by atoms with Gasteiger partial charge in [-0.3, -0.25) is 4.79 Å². The van der Waals surface area contributed by atoms with Gasteiger partial charge >= 0.3 is 0 Å². The molecule has 1 aliphatic rings. The van der Waals surface area contributed by atoms with Crippen LogP contribution in [0.15, 0.2) is 12.1 Å². The van der Waals surface area contributed by atoms with Crippen molar-refractivity contribution in [2.75, 3.05) is 34.4 Å². The number of methoxy groups -OCH3 is 3. The van der Waals surface area contributed by atoms with Crippen LogP contribution in [-0.4, -0.2) is 46.4 Å². The summed E-state index contributed by atoms with van der Waals surface area (Å²) < 4.78 is 16.0. The molecule has 1 heterocycles. The molecule has 0 unspecified atom stereocenters. The van der Waals surface area contributed by atoms with E-state index < -0.39 is 0 Å². The highest BCUT2D eigenvalue weighted by molar-refractivity contribution is 5.85. The maximum atomic E-state index is 12.1. The fraction of sp³-hybridized carbons (Fsp3) is 0.588. The molecule has 1 aromatic carbocycles. The Kier molecular flexibility index (Phi) is 8.71. The summed E-state index contributed by atoms with van der Waals surface area (Å²) in [5.74, 6) is 1.88. The van der Waals surface area contributed by atoms with Crippen LogP contribution in [0.25, 0.3) is 0 Å². The standard InChI is InChI=1S/C17H26N2O4.ClH/c1-21-14-10-12(11-15(22-2)17(14)23-3)4-5-16(20)19-13-6-8-18-9-7-13;/h10-11,13,18H,4-9H2,1-3H3,(H,19,20);1H. The third-order valence-electron chi connectivity index (χ3n) is 4.07. The van der Waals surface area contributed by atoms with E-state index in [0.717, 1.165) is 31.5 Å². The predicted octanol–water partition coefficient (Wildman–Crippen LogP) is 1.94. The minimum absolute atomic E-state index is 0. The minimum Gasteiger partial charge on any atom is -0.493 e. The van der Waals surface area contributed by atoms with Gasteiger partial charge in [0.2, 0.25) is 11.7 Å². The van der Waals surface area contributed by atoms with Crippen LogP contribution in [0.2, 0.25) is 0 Å². The molecule has 136 valence electrons. The average Bonchev–Trinajstić information content (AvgIpc) is 2.59. The van der Waals surface area contributed by atoms with Gasteiger partial charge in [0.15, 0.2) is 11.5 Å². The van der Waals surface area contributed by atoms with Gasteiger partial charge in [0, 0.05) is 12.5 Å². The number of benzene rings is 1. The molecular weight excluding hydrogens is 332 g/mol. The van der Waals surface area contributed by atoms with Crippen LogP contribution in [0.1, 0.15) is 24.8 Å². The first kappa shape index (κ1) is 20.4. The van der Waals surface area contributed by atoms with Gasteiger partial charge in [0.1, 0.15) is 0 Å². The molecule has 1 saturated heterocycles. The Labute approximate surface area is 149 Å². The highest BCUT2D eigenvalue weighted by Crippen LogP contribution is 2.38. The zero-order valence-corrected chi connectivity index (χ0v) is 15.3. The van der Waals surface area contributed by atoms with E-state index in [1.807, 2.05) is 12.1 Å². The van der Waals surface area contributed by atoms with Crippen molar-refractivity contribution < 1.29 is 19.0 Å². The lowest BCUT2D eigenvalue weighted by Crippen LogP contribution is -2.42. The summed E-state index contributed by atoms with van der Waals surface area (Å²) in [5.41, 5.74) is 0.986. The normalized spacial score (nSPS) is 14.5. The van der Waals surface area contributed by atoms with Crippen molar-refractivity contribution in [3.8, 4) is 17.2 Å². The van der Waals surface area contributed by atoms with E-state index in [-0.39, 0.29) is 18.3 Å². The minimum atomic E-state index is 0. The van der Waals surface area contributed by atoms with E-state index in [2.05, 4.69) is 10.6 Å². The van der Waals surface area contributed by atoms with Crippen LogP contribution in [0, 0.1) is 0 Å². The van der Waals surface area contributed by atoms with Crippen molar-refractivity contribution in [3.05, 3.63) is 17.7 Å². The van der Waals surface area contributed by atoms with Crippen LogP contribution < -0.4 is 24.8 Å². The van der Waals surface area contributed by atoms with E-state index in [9.17, 15) is 4.79 Å². The average molecular weight is 359 g/mol. The van der Waals surface area contributed by atoms with Gasteiger partial charge in [-0.25, -0.2) is 0 Å². The maximum absolute atomic E-state index is 12.1. The molecule has 2 N–H and O–H groups in total. The highest BCUT2D eigenvalue weighted by atomic mass is 35.5. The summed E-state index contributed by atoms with van der Waals surface area (Å²) in [7, 11) is 4.75. The predicted molar refractivity (Wildman–Crippen MR) is 95.7 cm³/mol. The Bertz CT molecular complexity index is 508. The molecule has 0 aliphatic carbocycles. The third-order valence-corrected chi connectivity index (χ3v) is 4.07. The highest BCUT2D eigenvalue weighted by Gasteiger charge is 2.16. The van der Waals surface area contributed by atoms with Crippen LogP contribution in [0.5, 0.6) is 17.2 Å². The van der Waals surface area contributed by atoms with Crippen molar-refractivity contribution in [1.29, 1.82) is 0 Å². The molecule has 24 heavy (non-hydrogen) atoms. The van der Waals surface area contributed by atoms with Gasteiger partial charge in [-0.1, -0.05) is 0 Å². The van der Waals surface area contributed by atoms with Crippen molar-refractivity contribution in [3.63, 3.8) is 0 Å². The molecule has 2 rings (SSSR count). The summed E-state index contributed by atoms with van der Waals surface area (Å²) >= 11 is 0. The van der Waals surface area contributed by atoms with Crippen LogP contribution in [0.4, 0.5) is 0 Å². The first-order chi connectivity index (χ1) is 11.2. The SMILES string of the molecule is COc1cc(CCC(=O)NC2CCNCC2)cc(OC)c1OC.Cl. The number of amides is 1. The summed E-state index contributed by atoms with van der Waals surface area (Å²) in [5, 5.41) is 6.39. The lowest BCUT2D eigenvalue weighted by molar-refractivity contribution is -0.121. The Balaban J connectivity index is 0.00000288. The lowest BCUT2D eigenvalue weighted by Gasteiger charge is -2.23. The van der Waals surface area contributed by atoms with Gasteiger partial charge in [-0.15, -0.1) is 12.4 Å². The number of carbonyl (C=O) groups excluding carboxylic acids is 1. The van der Waals surface area contributed by atoms with Gasteiger partial charge in [0.05, 0.1) is 21.3 Å². The lowest BCUT2D eigenvalue weighted by atomic mass is 10.1. The molecule has 1 fully saturated rings.